The van der Waals surface area contributed by atoms with Crippen LogP contribution in [0, 0.1) is 11.7 Å². The molecule has 4 aromatic rings. The molecule has 1 aliphatic carbocycles. The summed E-state index contributed by atoms with van der Waals surface area (Å²) in [5, 5.41) is 7.35. The fourth-order valence-corrected chi connectivity index (χ4v) is 4.37. The number of rotatable bonds is 5. The number of aromatic nitrogens is 4. The fraction of sp³-hybridized carbons (Fsp3) is 0.320. The molecule has 198 valence electrons. The smallest absolute Gasteiger partial charge is 0.383 e. The third-order valence-corrected chi connectivity index (χ3v) is 6.50. The molecule has 0 saturated heterocycles. The Morgan fingerprint density at radius 3 is 2.47 bits per heavy atom. The molecule has 3 heterocycles. The predicted octanol–water partition coefficient (Wildman–Crippen LogP) is 4.07. The number of fused-ring (bicyclic) bond motifs is 3. The number of halogens is 4. The summed E-state index contributed by atoms with van der Waals surface area (Å²) in [5.41, 5.74) is 5.55. The normalized spacial score (nSPS) is 13.7. The molecule has 0 bridgehead atoms. The summed E-state index contributed by atoms with van der Waals surface area (Å²) >= 11 is 0. The molecule has 9 nitrogen and oxygen atoms in total. The van der Waals surface area contributed by atoms with Crippen molar-refractivity contribution >= 4 is 39.4 Å². The number of amides is 2. The Morgan fingerprint density at radius 1 is 1.13 bits per heavy atom. The van der Waals surface area contributed by atoms with E-state index in [9.17, 15) is 22.8 Å². The van der Waals surface area contributed by atoms with E-state index in [1.165, 1.54) is 22.0 Å². The van der Waals surface area contributed by atoms with Crippen LogP contribution in [0.25, 0.3) is 21.8 Å². The largest absolute Gasteiger partial charge is 0.417 e. The Labute approximate surface area is 213 Å². The van der Waals surface area contributed by atoms with Crippen molar-refractivity contribution < 1.29 is 27.2 Å². The monoisotopic (exact) mass is 529 g/mol. The van der Waals surface area contributed by atoms with Gasteiger partial charge in [0.25, 0.3) is 5.91 Å². The molecule has 2 amide bonds. The van der Waals surface area contributed by atoms with Gasteiger partial charge >= 0.3 is 6.18 Å². The number of benzene rings is 1. The second-order valence-corrected chi connectivity index (χ2v) is 9.10. The molecule has 13 heteroatoms. The maximum absolute atomic E-state index is 15.4. The Bertz CT molecular complexity index is 1560. The summed E-state index contributed by atoms with van der Waals surface area (Å²) in [6, 6.07) is 4.38. The van der Waals surface area contributed by atoms with E-state index in [2.05, 4.69) is 15.1 Å². The van der Waals surface area contributed by atoms with E-state index in [1.54, 1.807) is 14.0 Å². The van der Waals surface area contributed by atoms with Gasteiger partial charge in [0.05, 0.1) is 46.0 Å². The van der Waals surface area contributed by atoms with Gasteiger partial charge in [-0.25, -0.2) is 14.4 Å². The minimum atomic E-state index is -4.58. The van der Waals surface area contributed by atoms with Gasteiger partial charge in [-0.15, -0.1) is 0 Å². The lowest BCUT2D eigenvalue weighted by Crippen LogP contribution is -2.50. The van der Waals surface area contributed by atoms with Crippen molar-refractivity contribution in [1.29, 1.82) is 0 Å². The Hall–Kier alpha value is -4.29. The highest BCUT2D eigenvalue weighted by Gasteiger charge is 2.38. The van der Waals surface area contributed by atoms with Crippen molar-refractivity contribution in [3.05, 3.63) is 59.3 Å². The van der Waals surface area contributed by atoms with Crippen LogP contribution in [0.5, 0.6) is 0 Å². The maximum Gasteiger partial charge on any atom is 0.417 e. The lowest BCUT2D eigenvalue weighted by Gasteiger charge is -2.34. The van der Waals surface area contributed by atoms with Crippen LogP contribution < -0.4 is 5.73 Å². The fourth-order valence-electron chi connectivity index (χ4n) is 4.37. The van der Waals surface area contributed by atoms with Crippen LogP contribution in [0.1, 0.15) is 41.4 Å². The SMILES string of the molecule is CCN(C(=O)C1CC1)N(Cc1ccc(C(F)(F)F)cn1)C(=O)c1cc2c(cc1F)nc(N)c1cnn(C)c12. The molecule has 0 spiro atoms. The number of hydrogen-bond acceptors (Lipinski definition) is 6. The number of nitrogen functional groups attached to an aromatic ring is 1. The van der Waals surface area contributed by atoms with E-state index < -0.39 is 23.5 Å². The zero-order chi connectivity index (χ0) is 27.4. The average molecular weight is 529 g/mol. The Morgan fingerprint density at radius 2 is 1.87 bits per heavy atom. The van der Waals surface area contributed by atoms with E-state index in [0.29, 0.717) is 35.3 Å². The highest BCUT2D eigenvalue weighted by atomic mass is 19.4. The van der Waals surface area contributed by atoms with E-state index in [-0.39, 0.29) is 47.5 Å². The average Bonchev–Trinajstić information content (AvgIpc) is 3.65. The highest BCUT2D eigenvalue weighted by molar-refractivity contribution is 6.10. The topological polar surface area (TPSA) is 110 Å². The number of anilines is 1. The first kappa shape index (κ1) is 25.4. The third kappa shape index (κ3) is 4.48. The zero-order valence-electron chi connectivity index (χ0n) is 20.5. The molecule has 1 saturated carbocycles. The quantitative estimate of drug-likeness (QED) is 0.308. The molecule has 0 atom stereocenters. The van der Waals surface area contributed by atoms with Crippen molar-refractivity contribution in [2.24, 2.45) is 13.0 Å². The van der Waals surface area contributed by atoms with Gasteiger partial charge in [-0.1, -0.05) is 0 Å². The highest BCUT2D eigenvalue weighted by Crippen LogP contribution is 2.34. The number of nitrogens with zero attached hydrogens (tertiary/aromatic N) is 6. The number of nitrogens with two attached hydrogens (primary N) is 1. The number of hydrazine groups is 1. The summed E-state index contributed by atoms with van der Waals surface area (Å²) < 4.78 is 55.9. The van der Waals surface area contributed by atoms with E-state index in [4.69, 9.17) is 5.73 Å². The molecule has 0 aliphatic heterocycles. The molecule has 0 radical (unpaired) electrons. The molecular formula is C25H23F4N7O2. The zero-order valence-corrected chi connectivity index (χ0v) is 20.5. The van der Waals surface area contributed by atoms with E-state index >= 15 is 4.39 Å². The molecule has 0 unspecified atom stereocenters. The van der Waals surface area contributed by atoms with Gasteiger partial charge in [-0.2, -0.15) is 18.3 Å². The molecule has 38 heavy (non-hydrogen) atoms. The third-order valence-electron chi connectivity index (χ3n) is 6.50. The minimum Gasteiger partial charge on any atom is -0.383 e. The van der Waals surface area contributed by atoms with Crippen molar-refractivity contribution in [2.75, 3.05) is 12.3 Å². The molecule has 5 rings (SSSR count). The van der Waals surface area contributed by atoms with E-state index in [0.717, 1.165) is 23.2 Å². The first-order valence-electron chi connectivity index (χ1n) is 11.8. The molecule has 1 aliphatic rings. The molecular weight excluding hydrogens is 506 g/mol. The van der Waals surface area contributed by atoms with Crippen LogP contribution >= 0.6 is 0 Å². The van der Waals surface area contributed by atoms with Gasteiger partial charge < -0.3 is 5.73 Å². The first-order valence-corrected chi connectivity index (χ1v) is 11.8. The summed E-state index contributed by atoms with van der Waals surface area (Å²) in [5.74, 6) is -2.18. The molecule has 1 aromatic carbocycles. The summed E-state index contributed by atoms with van der Waals surface area (Å²) in [6.45, 7) is 1.40. The van der Waals surface area contributed by atoms with Crippen molar-refractivity contribution in [1.82, 2.24) is 29.8 Å². The summed E-state index contributed by atoms with van der Waals surface area (Å²) in [4.78, 5) is 34.9. The number of carbonyl (C=O) groups excluding carboxylic acids is 2. The number of carbonyl (C=O) groups is 2. The van der Waals surface area contributed by atoms with Gasteiger partial charge in [0.1, 0.15) is 11.6 Å². The molecule has 3 aromatic heterocycles. The molecule has 2 N–H and O–H groups in total. The van der Waals surface area contributed by atoms with Gasteiger partial charge in [-0.05, 0) is 38.0 Å². The van der Waals surface area contributed by atoms with Crippen LogP contribution in [0.3, 0.4) is 0 Å². The lowest BCUT2D eigenvalue weighted by atomic mass is 10.1. The second kappa shape index (κ2) is 9.23. The van der Waals surface area contributed by atoms with Gasteiger partial charge in [-0.3, -0.25) is 24.3 Å². The Kier molecular flexibility index (Phi) is 6.16. The maximum atomic E-state index is 15.4. The van der Waals surface area contributed by atoms with Crippen LogP contribution in [-0.4, -0.2) is 48.1 Å². The van der Waals surface area contributed by atoms with Crippen molar-refractivity contribution in [3.8, 4) is 0 Å². The van der Waals surface area contributed by atoms with Gasteiger partial charge in [0, 0.05) is 37.2 Å². The van der Waals surface area contributed by atoms with Gasteiger partial charge in [0.15, 0.2) is 0 Å². The standard InChI is InChI=1S/C25H23F4N7O2/c1-3-35(23(37)13-4-5-13)36(12-15-7-6-14(10-31-15)25(27,28)29)24(38)16-8-17-20(9-19(16)26)33-22(30)18-11-32-34(2)21(17)18/h6-11,13H,3-5,12H2,1-2H3,(H2,30,33). The van der Waals surface area contributed by atoms with Crippen LogP contribution in [0.2, 0.25) is 0 Å². The number of aryl methyl sites for hydroxylation is 1. The molecule has 1 fully saturated rings. The lowest BCUT2D eigenvalue weighted by molar-refractivity contribution is -0.146. The number of pyridine rings is 2. The van der Waals surface area contributed by atoms with Gasteiger partial charge in [0.2, 0.25) is 5.91 Å². The second-order valence-electron chi connectivity index (χ2n) is 9.10. The first-order chi connectivity index (χ1) is 18.0. The van der Waals surface area contributed by atoms with Crippen LogP contribution in [0.4, 0.5) is 23.4 Å². The predicted molar refractivity (Wildman–Crippen MR) is 130 cm³/mol. The minimum absolute atomic E-state index is 0.0843. The van der Waals surface area contributed by atoms with Crippen molar-refractivity contribution in [3.63, 3.8) is 0 Å². The number of alkyl halides is 3. The summed E-state index contributed by atoms with van der Waals surface area (Å²) in [7, 11) is 1.67. The van der Waals surface area contributed by atoms with Crippen LogP contribution in [-0.2, 0) is 24.6 Å². The van der Waals surface area contributed by atoms with Crippen LogP contribution in [0.15, 0.2) is 36.7 Å². The Balaban J connectivity index is 1.59. The number of hydrogen-bond donors (Lipinski definition) is 1. The summed E-state index contributed by atoms with van der Waals surface area (Å²) in [6.07, 6.45) is -1.10. The van der Waals surface area contributed by atoms with E-state index in [1.807, 2.05) is 0 Å². The van der Waals surface area contributed by atoms with Crippen molar-refractivity contribution in [2.45, 2.75) is 32.5 Å².